The van der Waals surface area contributed by atoms with Gasteiger partial charge in [0.15, 0.2) is 125 Å². The molecule has 54 heteroatoms. The van der Waals surface area contributed by atoms with Crippen LogP contribution in [0.25, 0.3) is 67.6 Å². The maximum atomic E-state index is 14.4. The standard InChI is InChI=1S/C48H26F36N6O12/c49-37(50,51)1-91-19-13-14(20(92-2-38(52,53)54)26(98-8-44(70,71)72)25(19)97-7-43(67,68)69)32-85-31(13)88-33-15-16(22(94-4-40(58,59)60)28(100-10-46(76,77)78)27(99-9-45(73,74)75)21(15)93-3-39(55,56)57)35(86-33)90-36-18-17(34(87-36)89-32)23(95-5-41(61,62)63)29(101-11-47(79,80)81)30(102-12-48(82,83)84)24(18)96-6-42(64,65)66/h1-12H2,(H2,85,86,87,88,89,90). The summed E-state index contributed by atoms with van der Waals surface area (Å²) in [4.78, 5) is 17.5. The average Bonchev–Trinajstić information content (AvgIpc) is 1.54. The molecule has 6 bridgehead atoms. The first kappa shape index (κ1) is 80.1. The molecule has 0 spiro atoms. The van der Waals surface area contributed by atoms with Crippen molar-refractivity contribution in [2.75, 3.05) is 79.3 Å². The van der Waals surface area contributed by atoms with Gasteiger partial charge >= 0.3 is 74.1 Å². The fourth-order valence-electron chi connectivity index (χ4n) is 8.28. The fourth-order valence-corrected chi connectivity index (χ4v) is 8.28. The number of nitrogens with one attached hydrogen (secondary N) is 2. The third-order valence-electron chi connectivity index (χ3n) is 11.3. The summed E-state index contributed by atoms with van der Waals surface area (Å²) in [6.07, 6.45) is -72.1. The summed E-state index contributed by atoms with van der Waals surface area (Å²) in [5, 5.41) is -4.25. The molecule has 5 aromatic rings. The minimum absolute atomic E-state index is 1.61. The second-order valence-electron chi connectivity index (χ2n) is 19.8. The molecule has 7 rings (SSSR count). The Morgan fingerprint density at radius 2 is 0.343 bits per heavy atom. The van der Waals surface area contributed by atoms with Crippen LogP contribution in [0, 0.1) is 0 Å². The van der Waals surface area contributed by atoms with Crippen LogP contribution in [-0.4, -0.2) is 183 Å². The number of ether oxygens (including phenoxy) is 12. The van der Waals surface area contributed by atoms with Crippen LogP contribution in [0.5, 0.6) is 69.0 Å². The Labute approximate surface area is 534 Å². The number of nitrogens with zero attached hydrogens (tertiary/aromatic N) is 4. The summed E-state index contributed by atoms with van der Waals surface area (Å²) in [6, 6.07) is 0. The summed E-state index contributed by atoms with van der Waals surface area (Å²) in [5.41, 5.74) is -12.7. The third kappa shape index (κ3) is 21.9. The molecule has 2 aliphatic heterocycles. The van der Waals surface area contributed by atoms with E-state index in [2.05, 4.69) is 76.8 Å². The van der Waals surface area contributed by atoms with Crippen molar-refractivity contribution < 1.29 is 215 Å². The maximum absolute atomic E-state index is 14.4. The van der Waals surface area contributed by atoms with Crippen LogP contribution in [0.15, 0.2) is 0 Å². The van der Waals surface area contributed by atoms with Gasteiger partial charge in [-0.3, -0.25) is 0 Å². The van der Waals surface area contributed by atoms with E-state index in [9.17, 15) is 158 Å². The summed E-state index contributed by atoms with van der Waals surface area (Å²) >= 11 is 0. The van der Waals surface area contributed by atoms with Crippen molar-refractivity contribution in [3.05, 3.63) is 0 Å². The van der Waals surface area contributed by atoms with E-state index in [1.165, 1.54) is 0 Å². The summed E-state index contributed by atoms with van der Waals surface area (Å²) in [7, 11) is 0. The first-order valence-electron chi connectivity index (χ1n) is 25.7. The Balaban J connectivity index is 1.99. The van der Waals surface area contributed by atoms with E-state index in [1.54, 1.807) is 9.97 Å². The lowest BCUT2D eigenvalue weighted by molar-refractivity contribution is -0.162. The lowest BCUT2D eigenvalue weighted by atomic mass is 10.0. The zero-order valence-electron chi connectivity index (χ0n) is 47.8. The molecule has 0 saturated heterocycles. The number of benzene rings is 3. The molecule has 102 heavy (non-hydrogen) atoms. The number of alkyl halides is 36. The number of hydrogen-bond donors (Lipinski definition) is 2. The van der Waals surface area contributed by atoms with Gasteiger partial charge in [-0.1, -0.05) is 0 Å². The largest absolute Gasteiger partial charge is 0.479 e. The Bertz CT molecular complexity index is 3740. The number of aromatic amines is 2. The third-order valence-corrected chi connectivity index (χ3v) is 11.3. The van der Waals surface area contributed by atoms with E-state index >= 15 is 0 Å². The first-order valence-corrected chi connectivity index (χ1v) is 25.7. The van der Waals surface area contributed by atoms with Crippen molar-refractivity contribution >= 4 is 22.1 Å². The predicted octanol–water partition coefficient (Wildman–Crippen LogP) is 16.5. The highest BCUT2D eigenvalue weighted by Gasteiger charge is 2.48. The van der Waals surface area contributed by atoms with Gasteiger partial charge in [-0.05, 0) is 0 Å². The van der Waals surface area contributed by atoms with Crippen molar-refractivity contribution in [2.24, 2.45) is 0 Å². The van der Waals surface area contributed by atoms with Gasteiger partial charge in [-0.15, -0.1) is 0 Å². The van der Waals surface area contributed by atoms with Crippen LogP contribution in [-0.2, 0) is 0 Å². The molecule has 3 aromatic carbocycles. The number of hydrogen-bond acceptors (Lipinski definition) is 16. The molecular formula is C48H26F36N6O12. The molecule has 2 aliphatic rings. The van der Waals surface area contributed by atoms with Crippen molar-refractivity contribution in [3.8, 4) is 115 Å². The molecule has 0 fully saturated rings. The average molecular weight is 1560 g/mol. The molecule has 0 amide bonds. The van der Waals surface area contributed by atoms with Gasteiger partial charge in [0.05, 0.1) is 33.0 Å². The van der Waals surface area contributed by atoms with Crippen LogP contribution in [0.4, 0.5) is 158 Å². The number of halogens is 36. The van der Waals surface area contributed by atoms with Crippen LogP contribution in [0.1, 0.15) is 0 Å². The van der Waals surface area contributed by atoms with Gasteiger partial charge < -0.3 is 66.8 Å². The second-order valence-corrected chi connectivity index (χ2v) is 19.8. The minimum Gasteiger partial charge on any atom is -0.479 e. The summed E-state index contributed by atoms with van der Waals surface area (Å²) in [5.74, 6) is -38.2. The molecule has 0 radical (unpaired) electrons. The first-order chi connectivity index (χ1) is 46.0. The smallest absolute Gasteiger partial charge is 0.422 e. The van der Waals surface area contributed by atoms with E-state index in [4.69, 9.17) is 0 Å². The van der Waals surface area contributed by atoms with Crippen molar-refractivity contribution in [3.63, 3.8) is 0 Å². The molecule has 2 aromatic heterocycles. The lowest BCUT2D eigenvalue weighted by Crippen LogP contribution is -2.25. The maximum Gasteiger partial charge on any atom is 0.422 e. The number of fused-ring (bicyclic) bond motifs is 15. The topological polar surface area (TPSA) is 194 Å². The molecule has 0 unspecified atom stereocenters. The molecule has 0 saturated carbocycles. The monoisotopic (exact) mass is 1560 g/mol. The van der Waals surface area contributed by atoms with Gasteiger partial charge in [-0.25, -0.2) is 19.9 Å². The summed E-state index contributed by atoms with van der Waals surface area (Å²) < 4.78 is 567. The zero-order chi connectivity index (χ0) is 77.1. The van der Waals surface area contributed by atoms with Gasteiger partial charge in [0.1, 0.15) is 22.9 Å². The van der Waals surface area contributed by atoms with E-state index in [0.717, 1.165) is 0 Å². The number of H-pyrrole nitrogens is 2. The molecule has 572 valence electrons. The molecule has 4 heterocycles. The van der Waals surface area contributed by atoms with Crippen LogP contribution in [0.2, 0.25) is 0 Å². The van der Waals surface area contributed by atoms with Crippen LogP contribution in [0.3, 0.4) is 0 Å². The summed E-state index contributed by atoms with van der Waals surface area (Å²) in [6.45, 7) is -37.4. The van der Waals surface area contributed by atoms with E-state index < -0.39 is 290 Å². The Morgan fingerprint density at radius 1 is 0.186 bits per heavy atom. The highest BCUT2D eigenvalue weighted by Crippen LogP contribution is 2.63. The van der Waals surface area contributed by atoms with Gasteiger partial charge in [0.25, 0.3) is 0 Å². The molecule has 0 atom stereocenters. The highest BCUT2D eigenvalue weighted by atomic mass is 19.5. The number of aromatic nitrogens is 6. The van der Waals surface area contributed by atoms with Crippen molar-refractivity contribution in [1.82, 2.24) is 29.9 Å². The zero-order valence-corrected chi connectivity index (χ0v) is 47.8. The molecule has 0 aliphatic carbocycles. The fraction of sp³-hybridized carbons (Fsp3) is 0.500. The Kier molecular flexibility index (Phi) is 21.9. The second kappa shape index (κ2) is 27.8. The van der Waals surface area contributed by atoms with Crippen LogP contribution < -0.4 is 56.8 Å². The molecule has 18 nitrogen and oxygen atoms in total. The predicted molar refractivity (Wildman–Crippen MR) is 255 cm³/mol. The lowest BCUT2D eigenvalue weighted by Gasteiger charge is -2.25. The normalized spacial score (nSPS) is 13.8. The number of rotatable bonds is 24. The Morgan fingerprint density at radius 3 is 0.529 bits per heavy atom. The van der Waals surface area contributed by atoms with E-state index in [-0.39, 0.29) is 0 Å². The van der Waals surface area contributed by atoms with E-state index in [1.807, 2.05) is 0 Å². The van der Waals surface area contributed by atoms with Gasteiger partial charge in [0.2, 0.25) is 34.5 Å². The molecule has 2 N–H and O–H groups in total. The van der Waals surface area contributed by atoms with Gasteiger partial charge in [-0.2, -0.15) is 158 Å². The highest BCUT2D eigenvalue weighted by molar-refractivity contribution is 6.15. The van der Waals surface area contributed by atoms with E-state index in [0.29, 0.717) is 0 Å². The molecular weight excluding hydrogens is 1540 g/mol. The SMILES string of the molecule is FC(F)(F)COc1c(OCC(F)(F)F)c(OCC(F)(F)F)c2c(c1OCC(F)(F)F)-c1nc-2[nH]c2nc(nc3[nH]c(n1)c1c(OCC(F)(F)F)c(OCC(F)(F)F)c(OCC(F)(F)F)c(OCC(F)(F)F)c31)-c1c(OCC(F)(F)F)c(OCC(F)(F)F)c(OCC(F)(F)F)c(OCC(F)(F)F)c1-2. The van der Waals surface area contributed by atoms with Crippen molar-refractivity contribution in [2.45, 2.75) is 74.1 Å². The van der Waals surface area contributed by atoms with Crippen molar-refractivity contribution in [1.29, 1.82) is 0 Å². The Hall–Kier alpha value is -9.24. The van der Waals surface area contributed by atoms with Crippen LogP contribution >= 0.6 is 0 Å². The van der Waals surface area contributed by atoms with Gasteiger partial charge in [0, 0.05) is 0 Å². The quantitative estimate of drug-likeness (QED) is 0.0542. The minimum atomic E-state index is -6.02.